The Bertz CT molecular complexity index is 1110. The fourth-order valence-corrected chi connectivity index (χ4v) is 4.71. The minimum absolute atomic E-state index is 0.0308. The number of amides is 1. The minimum Gasteiger partial charge on any atom is -0.355 e. The summed E-state index contributed by atoms with van der Waals surface area (Å²) in [4.78, 5) is 34.7. The molecule has 30 heavy (non-hydrogen) atoms. The Morgan fingerprint density at radius 2 is 2.00 bits per heavy atom. The van der Waals surface area contributed by atoms with Crippen molar-refractivity contribution in [3.63, 3.8) is 0 Å². The first-order valence-corrected chi connectivity index (χ1v) is 11.4. The molecule has 156 valence electrons. The zero-order chi connectivity index (χ0) is 20.9. The molecule has 1 amide bonds. The third-order valence-electron chi connectivity index (χ3n) is 5.52. The van der Waals surface area contributed by atoms with Gasteiger partial charge in [0.15, 0.2) is 5.16 Å². The predicted molar refractivity (Wildman–Crippen MR) is 120 cm³/mol. The molecule has 0 saturated heterocycles. The number of para-hydroxylation sites is 1. The summed E-state index contributed by atoms with van der Waals surface area (Å²) in [5.41, 5.74) is 1.45. The van der Waals surface area contributed by atoms with Crippen LogP contribution in [0.1, 0.15) is 37.7 Å². The molecule has 1 saturated carbocycles. The number of hydrogen-bond donors (Lipinski definition) is 1. The van der Waals surface area contributed by atoms with E-state index in [-0.39, 0.29) is 17.2 Å². The number of benzene rings is 1. The van der Waals surface area contributed by atoms with Crippen LogP contribution in [0.5, 0.6) is 0 Å². The standard InChI is InChI=1S/C23H26N4O2S/c1-16-11-12-24-20(13-16)27-22(29)18-9-5-6-10-19(18)26-23(27)30-15-21(28)25-14-17-7-3-2-4-8-17/h5-6,9-13,17H,2-4,7-8,14-15H2,1H3,(H,25,28). The summed E-state index contributed by atoms with van der Waals surface area (Å²) in [7, 11) is 0. The number of aromatic nitrogens is 3. The third-order valence-corrected chi connectivity index (χ3v) is 6.46. The molecule has 0 atom stereocenters. The largest absolute Gasteiger partial charge is 0.355 e. The van der Waals surface area contributed by atoms with Gasteiger partial charge in [-0.2, -0.15) is 0 Å². The van der Waals surface area contributed by atoms with E-state index >= 15 is 0 Å². The maximum Gasteiger partial charge on any atom is 0.267 e. The van der Waals surface area contributed by atoms with Crippen LogP contribution in [0.3, 0.4) is 0 Å². The molecule has 4 rings (SSSR count). The summed E-state index contributed by atoms with van der Waals surface area (Å²) in [5, 5.41) is 4.06. The van der Waals surface area contributed by atoms with E-state index in [9.17, 15) is 9.59 Å². The molecular weight excluding hydrogens is 396 g/mol. The van der Waals surface area contributed by atoms with E-state index < -0.39 is 0 Å². The number of pyridine rings is 1. The van der Waals surface area contributed by atoms with E-state index in [1.165, 1.54) is 48.4 Å². The molecule has 0 radical (unpaired) electrons. The number of nitrogens with one attached hydrogen (secondary N) is 1. The highest BCUT2D eigenvalue weighted by atomic mass is 32.2. The van der Waals surface area contributed by atoms with Gasteiger partial charge in [0.25, 0.3) is 5.56 Å². The number of rotatable bonds is 6. The molecule has 0 bridgehead atoms. The van der Waals surface area contributed by atoms with E-state index in [1.54, 1.807) is 12.3 Å². The summed E-state index contributed by atoms with van der Waals surface area (Å²) in [6, 6.07) is 11.0. The molecule has 1 aromatic carbocycles. The van der Waals surface area contributed by atoms with Crippen molar-refractivity contribution in [3.05, 3.63) is 58.5 Å². The lowest BCUT2D eigenvalue weighted by Crippen LogP contribution is -2.31. The van der Waals surface area contributed by atoms with Crippen molar-refractivity contribution in [2.75, 3.05) is 12.3 Å². The molecular formula is C23H26N4O2S. The topological polar surface area (TPSA) is 76.9 Å². The van der Waals surface area contributed by atoms with Crippen LogP contribution in [-0.2, 0) is 4.79 Å². The first-order valence-electron chi connectivity index (χ1n) is 10.5. The molecule has 0 aliphatic heterocycles. The van der Waals surface area contributed by atoms with Gasteiger partial charge in [-0.3, -0.25) is 9.59 Å². The van der Waals surface area contributed by atoms with Crippen molar-refractivity contribution in [1.82, 2.24) is 19.9 Å². The normalized spacial score (nSPS) is 14.7. The van der Waals surface area contributed by atoms with Crippen LogP contribution in [-0.4, -0.2) is 32.7 Å². The van der Waals surface area contributed by atoms with Crippen LogP contribution >= 0.6 is 11.8 Å². The average Bonchev–Trinajstić information content (AvgIpc) is 2.77. The monoisotopic (exact) mass is 422 g/mol. The number of nitrogens with zero attached hydrogens (tertiary/aromatic N) is 3. The summed E-state index contributed by atoms with van der Waals surface area (Å²) >= 11 is 1.27. The fraction of sp³-hybridized carbons (Fsp3) is 0.391. The molecule has 2 heterocycles. The average molecular weight is 423 g/mol. The molecule has 6 nitrogen and oxygen atoms in total. The van der Waals surface area contributed by atoms with E-state index in [0.717, 1.165) is 12.1 Å². The second-order valence-corrected chi connectivity index (χ2v) is 8.78. The van der Waals surface area contributed by atoms with Crippen molar-refractivity contribution in [2.24, 2.45) is 5.92 Å². The van der Waals surface area contributed by atoms with Crippen LogP contribution in [0.4, 0.5) is 0 Å². The maximum absolute atomic E-state index is 13.2. The Labute approximate surface area is 180 Å². The SMILES string of the molecule is Cc1ccnc(-n2c(SCC(=O)NCC3CCCCC3)nc3ccccc3c2=O)c1. The van der Waals surface area contributed by atoms with Gasteiger partial charge in [-0.15, -0.1) is 0 Å². The van der Waals surface area contributed by atoms with Gasteiger partial charge in [0, 0.05) is 12.7 Å². The van der Waals surface area contributed by atoms with Crippen LogP contribution < -0.4 is 10.9 Å². The van der Waals surface area contributed by atoms with E-state index in [1.807, 2.05) is 37.3 Å². The smallest absolute Gasteiger partial charge is 0.267 e. The van der Waals surface area contributed by atoms with Gasteiger partial charge < -0.3 is 5.32 Å². The lowest BCUT2D eigenvalue weighted by molar-refractivity contribution is -0.118. The summed E-state index contributed by atoms with van der Waals surface area (Å²) < 4.78 is 1.51. The molecule has 0 spiro atoms. The number of fused-ring (bicyclic) bond motifs is 1. The highest BCUT2D eigenvalue weighted by molar-refractivity contribution is 7.99. The second kappa shape index (κ2) is 9.43. The molecule has 1 N–H and O–H groups in total. The highest BCUT2D eigenvalue weighted by Gasteiger charge is 2.17. The van der Waals surface area contributed by atoms with E-state index in [2.05, 4.69) is 15.3 Å². The van der Waals surface area contributed by atoms with Crippen LogP contribution in [0.25, 0.3) is 16.7 Å². The zero-order valence-corrected chi connectivity index (χ0v) is 18.0. The van der Waals surface area contributed by atoms with E-state index in [4.69, 9.17) is 0 Å². The fourth-order valence-electron chi connectivity index (χ4n) is 3.88. The van der Waals surface area contributed by atoms with Gasteiger partial charge in [-0.05, 0) is 55.5 Å². The number of thioether (sulfide) groups is 1. The first-order chi connectivity index (χ1) is 14.6. The van der Waals surface area contributed by atoms with Crippen LogP contribution in [0.2, 0.25) is 0 Å². The van der Waals surface area contributed by atoms with Crippen molar-refractivity contribution in [1.29, 1.82) is 0 Å². The van der Waals surface area contributed by atoms with Crippen molar-refractivity contribution in [2.45, 2.75) is 44.2 Å². The second-order valence-electron chi connectivity index (χ2n) is 7.84. The lowest BCUT2D eigenvalue weighted by Gasteiger charge is -2.21. The number of aryl methyl sites for hydroxylation is 1. The molecule has 7 heteroatoms. The number of carbonyl (C=O) groups excluding carboxylic acids is 1. The molecule has 2 aromatic heterocycles. The van der Waals surface area contributed by atoms with Crippen LogP contribution in [0, 0.1) is 12.8 Å². The van der Waals surface area contributed by atoms with E-state index in [0.29, 0.717) is 27.8 Å². The first kappa shape index (κ1) is 20.6. The van der Waals surface area contributed by atoms with Gasteiger partial charge in [-0.1, -0.05) is 43.2 Å². The molecule has 1 aliphatic rings. The Balaban J connectivity index is 1.57. The van der Waals surface area contributed by atoms with Crippen molar-refractivity contribution >= 4 is 28.6 Å². The Hall–Kier alpha value is -2.67. The Kier molecular flexibility index (Phi) is 6.47. The van der Waals surface area contributed by atoms with Crippen LogP contribution in [0.15, 0.2) is 52.5 Å². The Morgan fingerprint density at radius 3 is 2.80 bits per heavy atom. The van der Waals surface area contributed by atoms with Crippen molar-refractivity contribution in [3.8, 4) is 5.82 Å². The van der Waals surface area contributed by atoms with Crippen molar-refractivity contribution < 1.29 is 4.79 Å². The minimum atomic E-state index is -0.177. The van der Waals surface area contributed by atoms with Gasteiger partial charge in [-0.25, -0.2) is 14.5 Å². The summed E-state index contributed by atoms with van der Waals surface area (Å²) in [5.74, 6) is 1.28. The molecule has 1 aliphatic carbocycles. The van der Waals surface area contributed by atoms with Gasteiger partial charge in [0.2, 0.25) is 5.91 Å². The Morgan fingerprint density at radius 1 is 1.20 bits per heavy atom. The third kappa shape index (κ3) is 4.73. The van der Waals surface area contributed by atoms with Gasteiger partial charge in [0.05, 0.1) is 16.7 Å². The number of carbonyl (C=O) groups is 1. The summed E-state index contributed by atoms with van der Waals surface area (Å²) in [6.45, 7) is 2.69. The predicted octanol–water partition coefficient (Wildman–Crippen LogP) is 3.88. The molecule has 0 unspecified atom stereocenters. The van der Waals surface area contributed by atoms with Gasteiger partial charge >= 0.3 is 0 Å². The number of hydrogen-bond acceptors (Lipinski definition) is 5. The summed E-state index contributed by atoms with van der Waals surface area (Å²) in [6.07, 6.45) is 7.88. The quantitative estimate of drug-likeness (QED) is 0.482. The molecule has 3 aromatic rings. The van der Waals surface area contributed by atoms with Gasteiger partial charge in [0.1, 0.15) is 5.82 Å². The molecule has 1 fully saturated rings. The highest BCUT2D eigenvalue weighted by Crippen LogP contribution is 2.23. The maximum atomic E-state index is 13.2. The lowest BCUT2D eigenvalue weighted by atomic mass is 9.89. The zero-order valence-electron chi connectivity index (χ0n) is 17.1.